The molecule has 0 spiro atoms. The van der Waals surface area contributed by atoms with Crippen LogP contribution in [-0.2, 0) is 17.8 Å². The van der Waals surface area contributed by atoms with E-state index >= 15 is 0 Å². The summed E-state index contributed by atoms with van der Waals surface area (Å²) in [6.45, 7) is 14.9. The van der Waals surface area contributed by atoms with Crippen LogP contribution in [0, 0.1) is 6.57 Å². The average molecular weight is 571 g/mol. The largest absolute Gasteiger partial charge is 0.331 e. The van der Waals surface area contributed by atoms with Crippen LogP contribution >= 0.6 is 11.6 Å². The standard InChI is InChI=1S/C31H31ClN6O3/c1-18-14-26-24(17-36(18)30(40)22-9-12-25(32)27(15-22)33-4)29-31(41)37(16-19(2)38(29)34-26)20(3)21-7-10-23(11-8-21)35-13-5-6-28(35)39/h7-12,15,18-20H,5-6,13-14,16-17H2,1-3H3/t18-,19-,20+/m1/s1. The molecule has 3 amide bonds. The zero-order chi connectivity index (χ0) is 29.0. The Morgan fingerprint density at radius 2 is 1.88 bits per heavy atom. The van der Waals surface area contributed by atoms with Crippen LogP contribution in [0.2, 0.25) is 5.02 Å². The van der Waals surface area contributed by atoms with Crippen molar-refractivity contribution in [1.29, 1.82) is 0 Å². The number of hydrogen-bond donors (Lipinski definition) is 0. The lowest BCUT2D eigenvalue weighted by Crippen LogP contribution is -2.45. The van der Waals surface area contributed by atoms with Gasteiger partial charge in [-0.1, -0.05) is 35.9 Å². The topological polar surface area (TPSA) is 83.1 Å². The van der Waals surface area contributed by atoms with Gasteiger partial charge in [-0.3, -0.25) is 19.1 Å². The second-order valence-corrected chi connectivity index (χ2v) is 11.6. The molecule has 4 heterocycles. The van der Waals surface area contributed by atoms with Gasteiger partial charge in [0.1, 0.15) is 5.69 Å². The van der Waals surface area contributed by atoms with Crippen molar-refractivity contribution in [3.05, 3.63) is 87.0 Å². The Hall–Kier alpha value is -4.16. The van der Waals surface area contributed by atoms with E-state index in [1.54, 1.807) is 17.0 Å². The van der Waals surface area contributed by atoms with Gasteiger partial charge in [-0.25, -0.2) is 4.85 Å². The third-order valence-corrected chi connectivity index (χ3v) is 8.90. The van der Waals surface area contributed by atoms with Crippen LogP contribution < -0.4 is 4.90 Å². The van der Waals surface area contributed by atoms with E-state index in [1.165, 1.54) is 6.07 Å². The fourth-order valence-corrected chi connectivity index (χ4v) is 6.39. The van der Waals surface area contributed by atoms with Crippen molar-refractivity contribution in [2.24, 2.45) is 0 Å². The molecule has 9 nitrogen and oxygen atoms in total. The van der Waals surface area contributed by atoms with Gasteiger partial charge >= 0.3 is 0 Å². The molecule has 0 saturated carbocycles. The first-order valence-electron chi connectivity index (χ1n) is 14.0. The van der Waals surface area contributed by atoms with E-state index in [0.29, 0.717) is 35.7 Å². The molecule has 6 rings (SSSR count). The zero-order valence-electron chi connectivity index (χ0n) is 23.3. The number of fused-ring (bicyclic) bond motifs is 3. The van der Waals surface area contributed by atoms with Gasteiger partial charge in [-0.15, -0.1) is 0 Å². The molecular weight excluding hydrogens is 540 g/mol. The van der Waals surface area contributed by atoms with E-state index in [-0.39, 0.29) is 48.1 Å². The van der Waals surface area contributed by atoms with Gasteiger partial charge in [0.25, 0.3) is 11.8 Å². The Morgan fingerprint density at radius 3 is 2.56 bits per heavy atom. The Labute approximate surface area is 244 Å². The predicted molar refractivity (Wildman–Crippen MR) is 155 cm³/mol. The summed E-state index contributed by atoms with van der Waals surface area (Å²) >= 11 is 6.10. The van der Waals surface area contributed by atoms with Crippen LogP contribution in [0.4, 0.5) is 11.4 Å². The average Bonchev–Trinajstić information content (AvgIpc) is 3.57. The highest BCUT2D eigenvalue weighted by Gasteiger charge is 2.40. The molecule has 1 saturated heterocycles. The molecular formula is C31H31ClN6O3. The number of benzene rings is 2. The Morgan fingerprint density at radius 1 is 1.12 bits per heavy atom. The fourth-order valence-electron chi connectivity index (χ4n) is 6.23. The number of aromatic nitrogens is 2. The van der Waals surface area contributed by atoms with Gasteiger partial charge in [0.05, 0.1) is 30.9 Å². The summed E-state index contributed by atoms with van der Waals surface area (Å²) < 4.78 is 1.83. The van der Waals surface area contributed by atoms with E-state index in [9.17, 15) is 14.4 Å². The van der Waals surface area contributed by atoms with Gasteiger partial charge in [-0.05, 0) is 51.0 Å². The smallest absolute Gasteiger partial charge is 0.273 e. The van der Waals surface area contributed by atoms with Crippen LogP contribution in [0.1, 0.15) is 83.4 Å². The zero-order valence-corrected chi connectivity index (χ0v) is 24.1. The minimum atomic E-state index is -0.206. The van der Waals surface area contributed by atoms with Crippen molar-refractivity contribution < 1.29 is 14.4 Å². The predicted octanol–water partition coefficient (Wildman–Crippen LogP) is 5.58. The highest BCUT2D eigenvalue weighted by atomic mass is 35.5. The molecule has 0 aliphatic carbocycles. The first-order chi connectivity index (χ1) is 19.7. The molecule has 3 aromatic rings. The summed E-state index contributed by atoms with van der Waals surface area (Å²) in [6, 6.07) is 12.3. The molecule has 3 aliphatic rings. The third-order valence-electron chi connectivity index (χ3n) is 8.59. The highest BCUT2D eigenvalue weighted by molar-refractivity contribution is 6.33. The maximum Gasteiger partial charge on any atom is 0.273 e. The summed E-state index contributed by atoms with van der Waals surface area (Å²) in [5.41, 5.74) is 4.68. The number of carbonyl (C=O) groups excluding carboxylic acids is 3. The lowest BCUT2D eigenvalue weighted by molar-refractivity contribution is -0.117. The lowest BCUT2D eigenvalue weighted by Gasteiger charge is -2.37. The maximum absolute atomic E-state index is 14.0. The van der Waals surface area contributed by atoms with E-state index in [4.69, 9.17) is 23.3 Å². The molecule has 0 N–H and O–H groups in total. The summed E-state index contributed by atoms with van der Waals surface area (Å²) in [4.78, 5) is 48.6. The molecule has 0 unspecified atom stereocenters. The Bertz CT molecular complexity index is 1610. The van der Waals surface area contributed by atoms with Crippen molar-refractivity contribution in [3.63, 3.8) is 0 Å². The number of halogens is 1. The third kappa shape index (κ3) is 4.56. The maximum atomic E-state index is 14.0. The quantitative estimate of drug-likeness (QED) is 0.383. The van der Waals surface area contributed by atoms with Crippen LogP contribution in [0.15, 0.2) is 42.5 Å². The number of hydrogen-bond acceptors (Lipinski definition) is 4. The van der Waals surface area contributed by atoms with Gasteiger partial charge < -0.3 is 14.7 Å². The molecule has 2 aromatic carbocycles. The summed E-state index contributed by atoms with van der Waals surface area (Å²) in [5, 5.41) is 5.15. The van der Waals surface area contributed by atoms with Crippen molar-refractivity contribution >= 4 is 40.7 Å². The van der Waals surface area contributed by atoms with Gasteiger partial charge in [-0.2, -0.15) is 5.10 Å². The second-order valence-electron chi connectivity index (χ2n) is 11.2. The number of nitrogens with zero attached hydrogens (tertiary/aromatic N) is 6. The molecule has 0 bridgehead atoms. The first-order valence-corrected chi connectivity index (χ1v) is 14.3. The Kier molecular flexibility index (Phi) is 6.82. The van der Waals surface area contributed by atoms with E-state index < -0.39 is 0 Å². The molecule has 41 heavy (non-hydrogen) atoms. The summed E-state index contributed by atoms with van der Waals surface area (Å²) in [5.74, 6) is -0.164. The first kappa shape index (κ1) is 27.0. The Balaban J connectivity index is 1.27. The fraction of sp³-hybridized carbons (Fsp3) is 0.387. The van der Waals surface area contributed by atoms with Crippen molar-refractivity contribution in [3.8, 4) is 0 Å². The minimum Gasteiger partial charge on any atom is -0.331 e. The second kappa shape index (κ2) is 10.3. The molecule has 3 atom stereocenters. The minimum absolute atomic E-state index is 0.0332. The van der Waals surface area contributed by atoms with Gasteiger partial charge in [0, 0.05) is 53.8 Å². The number of rotatable bonds is 4. The summed E-state index contributed by atoms with van der Waals surface area (Å²) in [7, 11) is 0. The molecule has 0 radical (unpaired) electrons. The lowest BCUT2D eigenvalue weighted by atomic mass is 9.96. The van der Waals surface area contributed by atoms with Crippen LogP contribution in [0.25, 0.3) is 4.85 Å². The monoisotopic (exact) mass is 570 g/mol. The van der Waals surface area contributed by atoms with Crippen LogP contribution in [0.3, 0.4) is 0 Å². The highest BCUT2D eigenvalue weighted by Crippen LogP contribution is 2.36. The number of carbonyl (C=O) groups is 3. The van der Waals surface area contributed by atoms with Crippen molar-refractivity contribution in [2.75, 3.05) is 18.0 Å². The van der Waals surface area contributed by atoms with E-state index in [2.05, 4.69) is 11.8 Å². The van der Waals surface area contributed by atoms with E-state index in [1.807, 2.05) is 52.6 Å². The normalized spacial score (nSPS) is 21.0. The molecule has 210 valence electrons. The number of anilines is 1. The van der Waals surface area contributed by atoms with Gasteiger partial charge in [0.2, 0.25) is 11.6 Å². The molecule has 10 heteroatoms. The van der Waals surface area contributed by atoms with Crippen molar-refractivity contribution in [1.82, 2.24) is 19.6 Å². The SMILES string of the molecule is [C-]#[N+]c1cc(C(=O)N2Cc3c(nn4c3C(=O)N([C@@H](C)c3ccc(N5CCCC5=O)cc3)C[C@H]4C)C[C@H]2C)ccc1Cl. The van der Waals surface area contributed by atoms with Crippen LogP contribution in [0.5, 0.6) is 0 Å². The van der Waals surface area contributed by atoms with Crippen LogP contribution in [-0.4, -0.2) is 56.4 Å². The molecule has 3 aliphatic heterocycles. The molecule has 1 aromatic heterocycles. The van der Waals surface area contributed by atoms with E-state index in [0.717, 1.165) is 35.5 Å². The number of amides is 3. The summed E-state index contributed by atoms with van der Waals surface area (Å²) in [6.07, 6.45) is 2.00. The molecule has 1 fully saturated rings. The van der Waals surface area contributed by atoms with Crippen molar-refractivity contribution in [2.45, 2.75) is 64.7 Å². The van der Waals surface area contributed by atoms with Gasteiger partial charge in [0.15, 0.2) is 0 Å².